The summed E-state index contributed by atoms with van der Waals surface area (Å²) < 4.78 is 0. The second-order valence-corrected chi connectivity index (χ2v) is 5.01. The third kappa shape index (κ3) is 3.09. The van der Waals surface area contributed by atoms with Crippen LogP contribution in [-0.2, 0) is 6.54 Å². The summed E-state index contributed by atoms with van der Waals surface area (Å²) in [5.74, 6) is 0. The van der Waals surface area contributed by atoms with Crippen molar-refractivity contribution in [3.8, 4) is 0 Å². The molecule has 0 spiro atoms. The number of nitrogens with two attached hydrogens (primary N) is 1. The van der Waals surface area contributed by atoms with Gasteiger partial charge in [-0.2, -0.15) is 0 Å². The van der Waals surface area contributed by atoms with Gasteiger partial charge in [-0.3, -0.25) is 0 Å². The second kappa shape index (κ2) is 5.51. The summed E-state index contributed by atoms with van der Waals surface area (Å²) in [4.78, 5) is 0. The van der Waals surface area contributed by atoms with E-state index in [4.69, 9.17) is 28.9 Å². The molecule has 0 aliphatic carbocycles. The van der Waals surface area contributed by atoms with E-state index in [2.05, 4.69) is 5.32 Å². The summed E-state index contributed by atoms with van der Waals surface area (Å²) in [6, 6.07) is 11.4. The first-order chi connectivity index (χ1) is 8.56. The van der Waals surface area contributed by atoms with Gasteiger partial charge in [0.2, 0.25) is 0 Å². The summed E-state index contributed by atoms with van der Waals surface area (Å²) in [7, 11) is 0. The zero-order chi connectivity index (χ0) is 13.1. The first-order valence-corrected chi connectivity index (χ1v) is 6.36. The Morgan fingerprint density at radius 2 is 1.78 bits per heavy atom. The first kappa shape index (κ1) is 13.1. The highest BCUT2D eigenvalue weighted by molar-refractivity contribution is 6.31. The molecule has 2 aromatic carbocycles. The molecule has 0 amide bonds. The van der Waals surface area contributed by atoms with Gasteiger partial charge in [0.15, 0.2) is 0 Å². The first-order valence-electron chi connectivity index (χ1n) is 5.60. The Labute approximate surface area is 117 Å². The van der Waals surface area contributed by atoms with Crippen LogP contribution in [0.2, 0.25) is 10.0 Å². The van der Waals surface area contributed by atoms with Crippen molar-refractivity contribution in [3.63, 3.8) is 0 Å². The van der Waals surface area contributed by atoms with Crippen LogP contribution in [-0.4, -0.2) is 0 Å². The number of hydrogen-bond donors (Lipinski definition) is 2. The molecular formula is C14H14Cl2N2. The van der Waals surface area contributed by atoms with Crippen molar-refractivity contribution < 1.29 is 0 Å². The molecule has 0 aliphatic rings. The van der Waals surface area contributed by atoms with Gasteiger partial charge in [0, 0.05) is 16.6 Å². The highest BCUT2D eigenvalue weighted by Crippen LogP contribution is 2.27. The fourth-order valence-electron chi connectivity index (χ4n) is 1.66. The Bertz CT molecular complexity index is 550. The van der Waals surface area contributed by atoms with E-state index in [1.54, 1.807) is 0 Å². The average molecular weight is 281 g/mol. The standard InChI is InChI=1S/C14H14Cl2N2/c1-9-6-13(17)14(7-12(9)16)18-8-10-2-4-11(15)5-3-10/h2-7,18H,8,17H2,1H3. The summed E-state index contributed by atoms with van der Waals surface area (Å²) in [5, 5.41) is 4.71. The highest BCUT2D eigenvalue weighted by atomic mass is 35.5. The molecule has 0 saturated heterocycles. The van der Waals surface area contributed by atoms with E-state index in [0.29, 0.717) is 17.3 Å². The van der Waals surface area contributed by atoms with Crippen molar-refractivity contribution in [2.45, 2.75) is 13.5 Å². The quantitative estimate of drug-likeness (QED) is 0.813. The number of halogens is 2. The molecule has 0 aliphatic heterocycles. The van der Waals surface area contributed by atoms with E-state index in [-0.39, 0.29) is 0 Å². The molecule has 0 unspecified atom stereocenters. The number of rotatable bonds is 3. The predicted molar refractivity (Wildman–Crippen MR) is 79.4 cm³/mol. The van der Waals surface area contributed by atoms with E-state index in [9.17, 15) is 0 Å². The molecular weight excluding hydrogens is 267 g/mol. The maximum Gasteiger partial charge on any atom is 0.0591 e. The topological polar surface area (TPSA) is 38.0 Å². The van der Waals surface area contributed by atoms with E-state index in [1.165, 1.54) is 0 Å². The maximum absolute atomic E-state index is 6.08. The smallest absolute Gasteiger partial charge is 0.0591 e. The second-order valence-electron chi connectivity index (χ2n) is 4.17. The molecule has 3 N–H and O–H groups in total. The van der Waals surface area contributed by atoms with Crippen LogP contribution in [0.3, 0.4) is 0 Å². The fourth-order valence-corrected chi connectivity index (χ4v) is 1.95. The van der Waals surface area contributed by atoms with Crippen LogP contribution >= 0.6 is 23.2 Å². The van der Waals surface area contributed by atoms with Gasteiger partial charge < -0.3 is 11.1 Å². The molecule has 2 rings (SSSR count). The molecule has 2 nitrogen and oxygen atoms in total. The molecule has 0 atom stereocenters. The van der Waals surface area contributed by atoms with Crippen molar-refractivity contribution in [2.24, 2.45) is 0 Å². The Morgan fingerprint density at radius 1 is 1.11 bits per heavy atom. The lowest BCUT2D eigenvalue weighted by molar-refractivity contribution is 1.15. The lowest BCUT2D eigenvalue weighted by atomic mass is 10.1. The largest absolute Gasteiger partial charge is 0.397 e. The fraction of sp³-hybridized carbons (Fsp3) is 0.143. The number of aryl methyl sites for hydroxylation is 1. The van der Waals surface area contributed by atoms with Crippen molar-refractivity contribution >= 4 is 34.6 Å². The Balaban J connectivity index is 2.10. The normalized spacial score (nSPS) is 10.4. The Hall–Kier alpha value is -1.38. The van der Waals surface area contributed by atoms with Crippen LogP contribution in [0, 0.1) is 6.92 Å². The Morgan fingerprint density at radius 3 is 2.44 bits per heavy atom. The van der Waals surface area contributed by atoms with Crippen LogP contribution in [0.4, 0.5) is 11.4 Å². The maximum atomic E-state index is 6.08. The van der Waals surface area contributed by atoms with Crippen LogP contribution in [0.15, 0.2) is 36.4 Å². The van der Waals surface area contributed by atoms with Gasteiger partial charge in [-0.1, -0.05) is 35.3 Å². The van der Waals surface area contributed by atoms with E-state index >= 15 is 0 Å². The summed E-state index contributed by atoms with van der Waals surface area (Å²) in [5.41, 5.74) is 9.60. The van der Waals surface area contributed by atoms with Gasteiger partial charge >= 0.3 is 0 Å². The van der Waals surface area contributed by atoms with Crippen LogP contribution in [0.1, 0.15) is 11.1 Å². The van der Waals surface area contributed by atoms with Gasteiger partial charge in [0.05, 0.1) is 11.4 Å². The monoisotopic (exact) mass is 280 g/mol. The number of nitrogen functional groups attached to an aromatic ring is 1. The molecule has 0 aromatic heterocycles. The number of anilines is 2. The number of hydrogen-bond acceptors (Lipinski definition) is 2. The Kier molecular flexibility index (Phi) is 4.00. The van der Waals surface area contributed by atoms with Crippen molar-refractivity contribution in [1.29, 1.82) is 0 Å². The molecule has 18 heavy (non-hydrogen) atoms. The van der Waals surface area contributed by atoms with E-state index < -0.39 is 0 Å². The van der Waals surface area contributed by atoms with E-state index in [1.807, 2.05) is 43.3 Å². The van der Waals surface area contributed by atoms with Gasteiger partial charge in [-0.25, -0.2) is 0 Å². The third-order valence-electron chi connectivity index (χ3n) is 2.73. The van der Waals surface area contributed by atoms with Gasteiger partial charge in [-0.15, -0.1) is 0 Å². The summed E-state index contributed by atoms with van der Waals surface area (Å²) in [6.45, 7) is 2.61. The SMILES string of the molecule is Cc1cc(N)c(NCc2ccc(Cl)cc2)cc1Cl. The summed E-state index contributed by atoms with van der Waals surface area (Å²) >= 11 is 11.9. The minimum absolute atomic E-state index is 0.681. The molecule has 2 aromatic rings. The minimum Gasteiger partial charge on any atom is -0.397 e. The average Bonchev–Trinajstić information content (AvgIpc) is 2.34. The van der Waals surface area contributed by atoms with Crippen molar-refractivity contribution in [2.75, 3.05) is 11.1 Å². The molecule has 94 valence electrons. The number of benzene rings is 2. The van der Waals surface area contributed by atoms with E-state index in [0.717, 1.165) is 21.8 Å². The lowest BCUT2D eigenvalue weighted by Gasteiger charge is -2.11. The number of nitrogens with one attached hydrogen (secondary N) is 1. The molecule has 0 bridgehead atoms. The molecule has 0 radical (unpaired) electrons. The molecule has 0 fully saturated rings. The highest BCUT2D eigenvalue weighted by Gasteiger charge is 2.03. The molecule has 0 heterocycles. The minimum atomic E-state index is 0.681. The van der Waals surface area contributed by atoms with Gasteiger partial charge in [0.1, 0.15) is 0 Å². The predicted octanol–water partition coefficient (Wildman–Crippen LogP) is 4.50. The van der Waals surface area contributed by atoms with Gasteiger partial charge in [-0.05, 0) is 42.3 Å². The van der Waals surface area contributed by atoms with Crippen molar-refractivity contribution in [3.05, 3.63) is 57.6 Å². The molecule has 0 saturated carbocycles. The zero-order valence-electron chi connectivity index (χ0n) is 10.0. The van der Waals surface area contributed by atoms with Gasteiger partial charge in [0.25, 0.3) is 0 Å². The summed E-state index contributed by atoms with van der Waals surface area (Å²) in [6.07, 6.45) is 0. The van der Waals surface area contributed by atoms with Crippen LogP contribution in [0.25, 0.3) is 0 Å². The third-order valence-corrected chi connectivity index (χ3v) is 3.39. The zero-order valence-corrected chi connectivity index (χ0v) is 11.5. The van der Waals surface area contributed by atoms with Crippen molar-refractivity contribution in [1.82, 2.24) is 0 Å². The molecule has 4 heteroatoms. The lowest BCUT2D eigenvalue weighted by Crippen LogP contribution is -2.02. The van der Waals surface area contributed by atoms with Crippen LogP contribution in [0.5, 0.6) is 0 Å². The van der Waals surface area contributed by atoms with Crippen LogP contribution < -0.4 is 11.1 Å².